The van der Waals surface area contributed by atoms with E-state index >= 15 is 0 Å². The number of hydrogen-bond donors (Lipinski definition) is 1. The van der Waals surface area contributed by atoms with Gasteiger partial charge in [0.25, 0.3) is 5.89 Å². The van der Waals surface area contributed by atoms with Crippen LogP contribution in [0.3, 0.4) is 0 Å². The first-order valence-electron chi connectivity index (χ1n) is 11.7. The van der Waals surface area contributed by atoms with Gasteiger partial charge in [0.05, 0.1) is 23.7 Å². The topological polar surface area (TPSA) is 125 Å². The van der Waals surface area contributed by atoms with Gasteiger partial charge in [0.1, 0.15) is 11.6 Å². The van der Waals surface area contributed by atoms with Gasteiger partial charge in [-0.3, -0.25) is 4.79 Å². The second kappa shape index (κ2) is 9.84. The summed E-state index contributed by atoms with van der Waals surface area (Å²) in [6, 6.07) is 7.66. The van der Waals surface area contributed by atoms with Crippen molar-refractivity contribution in [3.05, 3.63) is 46.6 Å². The summed E-state index contributed by atoms with van der Waals surface area (Å²) in [5.41, 5.74) is 4.98. The summed E-state index contributed by atoms with van der Waals surface area (Å²) in [5, 5.41) is 23.4. The Bertz CT molecular complexity index is 1290. The number of hydrogen-bond acceptors (Lipinski definition) is 8. The highest BCUT2D eigenvalue weighted by Gasteiger charge is 2.28. The highest BCUT2D eigenvalue weighted by Crippen LogP contribution is 2.32. The third kappa shape index (κ3) is 4.88. The minimum Gasteiger partial charge on any atom is -0.474 e. The Morgan fingerprint density at radius 1 is 1.29 bits per heavy atom. The summed E-state index contributed by atoms with van der Waals surface area (Å²) in [6.07, 6.45) is 1.48. The summed E-state index contributed by atoms with van der Waals surface area (Å²) in [4.78, 5) is 23.3. The van der Waals surface area contributed by atoms with Crippen LogP contribution in [0.1, 0.15) is 49.9 Å². The van der Waals surface area contributed by atoms with E-state index in [-0.39, 0.29) is 23.8 Å². The molecule has 1 amide bonds. The van der Waals surface area contributed by atoms with Crippen molar-refractivity contribution in [1.29, 1.82) is 5.26 Å². The highest BCUT2D eigenvalue weighted by molar-refractivity contribution is 5.79. The second-order valence-corrected chi connectivity index (χ2v) is 9.19. The SMILES string of the molecule is Cc1c(-c2noc(-c3cnc(OC(C)C)c(C#N)c3)n2)ccc2c1CCN(C(=O)C(C)C(C)O)C2. The number of amides is 1. The molecule has 9 nitrogen and oxygen atoms in total. The molecule has 1 aliphatic rings. The zero-order chi connectivity index (χ0) is 25.3. The summed E-state index contributed by atoms with van der Waals surface area (Å²) in [5.74, 6) is 0.512. The van der Waals surface area contributed by atoms with Crippen LogP contribution in [0, 0.1) is 24.2 Å². The lowest BCUT2D eigenvalue weighted by Gasteiger charge is -2.32. The first-order chi connectivity index (χ1) is 16.7. The number of benzene rings is 1. The zero-order valence-electron chi connectivity index (χ0n) is 20.6. The molecule has 0 radical (unpaired) electrons. The number of aliphatic hydroxyl groups is 1. The van der Waals surface area contributed by atoms with Gasteiger partial charge in [-0.2, -0.15) is 10.2 Å². The van der Waals surface area contributed by atoms with Crippen molar-refractivity contribution in [3.8, 4) is 34.8 Å². The molecule has 2 aromatic heterocycles. The van der Waals surface area contributed by atoms with E-state index in [2.05, 4.69) is 21.2 Å². The Labute approximate surface area is 204 Å². The number of aromatic nitrogens is 3. The third-order valence-electron chi connectivity index (χ3n) is 6.35. The summed E-state index contributed by atoms with van der Waals surface area (Å²) >= 11 is 0. The first kappa shape index (κ1) is 24.4. The van der Waals surface area contributed by atoms with Crippen molar-refractivity contribution in [2.75, 3.05) is 6.54 Å². The van der Waals surface area contributed by atoms with Crippen molar-refractivity contribution >= 4 is 5.91 Å². The molecule has 4 rings (SSSR count). The molecule has 0 spiro atoms. The number of nitrogens with zero attached hydrogens (tertiary/aromatic N) is 5. The van der Waals surface area contributed by atoms with Gasteiger partial charge < -0.3 is 19.3 Å². The maximum Gasteiger partial charge on any atom is 0.259 e. The first-order valence-corrected chi connectivity index (χ1v) is 11.7. The molecule has 182 valence electrons. The van der Waals surface area contributed by atoms with E-state index in [4.69, 9.17) is 9.26 Å². The standard InChI is InChI=1S/C26H29N5O4/c1-14(2)34-24-19(11-27)10-20(12-28-24)25-29-23(30-35-25)22-7-6-18-13-31(9-8-21(18)16(22)4)26(33)15(3)17(5)32/h6-7,10,12,14-15,17,32H,8-9,13H2,1-5H3. The van der Waals surface area contributed by atoms with Gasteiger partial charge in [-0.1, -0.05) is 24.2 Å². The molecule has 2 atom stereocenters. The summed E-state index contributed by atoms with van der Waals surface area (Å²) in [6.45, 7) is 10.3. The molecule has 0 saturated heterocycles. The van der Waals surface area contributed by atoms with Crippen molar-refractivity contribution < 1.29 is 19.2 Å². The summed E-state index contributed by atoms with van der Waals surface area (Å²) < 4.78 is 11.1. The number of carbonyl (C=O) groups excluding carboxylic acids is 1. The van der Waals surface area contributed by atoms with Gasteiger partial charge in [0.2, 0.25) is 17.6 Å². The molecule has 1 aliphatic heterocycles. The number of ether oxygens (including phenoxy) is 1. The van der Waals surface area contributed by atoms with Crippen molar-refractivity contribution in [3.63, 3.8) is 0 Å². The van der Waals surface area contributed by atoms with E-state index in [1.54, 1.807) is 31.0 Å². The fraction of sp³-hybridized carbons (Fsp3) is 0.423. The van der Waals surface area contributed by atoms with E-state index in [0.717, 1.165) is 16.7 Å². The fourth-order valence-electron chi connectivity index (χ4n) is 4.18. The van der Waals surface area contributed by atoms with Crippen LogP contribution < -0.4 is 4.74 Å². The molecular weight excluding hydrogens is 446 g/mol. The lowest BCUT2D eigenvalue weighted by molar-refractivity contribution is -0.139. The quantitative estimate of drug-likeness (QED) is 0.572. The Morgan fingerprint density at radius 3 is 2.74 bits per heavy atom. The molecule has 0 bridgehead atoms. The number of rotatable bonds is 6. The van der Waals surface area contributed by atoms with Crippen LogP contribution in [0.25, 0.3) is 22.8 Å². The molecule has 2 unspecified atom stereocenters. The van der Waals surface area contributed by atoms with Gasteiger partial charge in [-0.15, -0.1) is 0 Å². The van der Waals surface area contributed by atoms with Gasteiger partial charge in [-0.05, 0) is 56.9 Å². The highest BCUT2D eigenvalue weighted by atomic mass is 16.5. The molecule has 1 N–H and O–H groups in total. The van der Waals surface area contributed by atoms with Crippen LogP contribution >= 0.6 is 0 Å². The van der Waals surface area contributed by atoms with Crippen LogP contribution in [0.2, 0.25) is 0 Å². The van der Waals surface area contributed by atoms with Crippen LogP contribution in [0.4, 0.5) is 0 Å². The second-order valence-electron chi connectivity index (χ2n) is 9.19. The predicted molar refractivity (Wildman–Crippen MR) is 128 cm³/mol. The number of fused-ring (bicyclic) bond motifs is 1. The normalized spacial score (nSPS) is 14.9. The average Bonchev–Trinajstić information content (AvgIpc) is 3.33. The average molecular weight is 476 g/mol. The van der Waals surface area contributed by atoms with Crippen LogP contribution in [0.15, 0.2) is 28.9 Å². The molecule has 9 heteroatoms. The predicted octanol–water partition coefficient (Wildman–Crippen LogP) is 3.67. The Balaban J connectivity index is 1.58. The molecular formula is C26H29N5O4. The zero-order valence-corrected chi connectivity index (χ0v) is 20.6. The van der Waals surface area contributed by atoms with E-state index in [1.807, 2.05) is 32.9 Å². The van der Waals surface area contributed by atoms with Crippen LogP contribution in [-0.4, -0.2) is 49.8 Å². The lowest BCUT2D eigenvalue weighted by Crippen LogP contribution is -2.42. The molecule has 3 aromatic rings. The molecule has 0 saturated carbocycles. The van der Waals surface area contributed by atoms with Gasteiger partial charge >= 0.3 is 0 Å². The minimum atomic E-state index is -0.682. The van der Waals surface area contributed by atoms with Crippen molar-refractivity contribution in [2.24, 2.45) is 5.92 Å². The molecule has 0 aliphatic carbocycles. The van der Waals surface area contributed by atoms with E-state index in [9.17, 15) is 15.2 Å². The molecule has 3 heterocycles. The smallest absolute Gasteiger partial charge is 0.259 e. The van der Waals surface area contributed by atoms with Crippen LogP contribution in [0.5, 0.6) is 5.88 Å². The van der Waals surface area contributed by atoms with E-state index in [1.165, 1.54) is 5.56 Å². The van der Waals surface area contributed by atoms with E-state index in [0.29, 0.717) is 36.5 Å². The Hall–Kier alpha value is -3.77. The maximum atomic E-state index is 12.7. The minimum absolute atomic E-state index is 0.0367. The van der Waals surface area contributed by atoms with E-state index < -0.39 is 12.0 Å². The van der Waals surface area contributed by atoms with Crippen molar-refractivity contribution in [1.82, 2.24) is 20.0 Å². The lowest BCUT2D eigenvalue weighted by atomic mass is 9.90. The Morgan fingerprint density at radius 2 is 2.06 bits per heavy atom. The van der Waals surface area contributed by atoms with Crippen molar-refractivity contribution in [2.45, 2.75) is 59.8 Å². The maximum absolute atomic E-state index is 12.7. The largest absolute Gasteiger partial charge is 0.474 e. The number of aliphatic hydroxyl groups excluding tert-OH is 1. The van der Waals surface area contributed by atoms with Gasteiger partial charge in [-0.25, -0.2) is 4.98 Å². The number of pyridine rings is 1. The fourth-order valence-corrected chi connectivity index (χ4v) is 4.18. The Kier molecular flexibility index (Phi) is 6.85. The molecule has 35 heavy (non-hydrogen) atoms. The number of nitriles is 1. The molecule has 1 aromatic carbocycles. The molecule has 0 fully saturated rings. The van der Waals surface area contributed by atoms with Gasteiger partial charge in [0.15, 0.2) is 0 Å². The monoisotopic (exact) mass is 475 g/mol. The van der Waals surface area contributed by atoms with Crippen LogP contribution in [-0.2, 0) is 17.8 Å². The van der Waals surface area contributed by atoms with Gasteiger partial charge in [0, 0.05) is 24.8 Å². The number of carbonyl (C=O) groups is 1. The third-order valence-corrected chi connectivity index (χ3v) is 6.35. The summed E-state index contributed by atoms with van der Waals surface area (Å²) in [7, 11) is 0.